The first-order valence-electron chi connectivity index (χ1n) is 7.78. The lowest BCUT2D eigenvalue weighted by Gasteiger charge is -1.98. The van der Waals surface area contributed by atoms with Gasteiger partial charge in [-0.15, -0.1) is 0 Å². The largest absolute Gasteiger partial charge is 0.300 e. The summed E-state index contributed by atoms with van der Waals surface area (Å²) in [6, 6.07) is 14.7. The Balaban J connectivity index is 1.91. The molecular formula is C18H10N4O4S. The number of thiazole rings is 1. The minimum absolute atomic E-state index is 0.0746. The monoisotopic (exact) mass is 378 g/mol. The van der Waals surface area contributed by atoms with Crippen molar-refractivity contribution in [1.82, 2.24) is 14.6 Å². The van der Waals surface area contributed by atoms with E-state index < -0.39 is 16.0 Å². The van der Waals surface area contributed by atoms with E-state index in [0.717, 1.165) is 15.9 Å². The summed E-state index contributed by atoms with van der Waals surface area (Å²) < 4.78 is 1.36. The van der Waals surface area contributed by atoms with Crippen LogP contribution in [0.5, 0.6) is 0 Å². The number of non-ortho nitro benzene ring substituents is 1. The maximum absolute atomic E-state index is 12.7. The third-order valence-electron chi connectivity index (χ3n) is 3.81. The van der Waals surface area contributed by atoms with Gasteiger partial charge < -0.3 is 0 Å². The summed E-state index contributed by atoms with van der Waals surface area (Å²) in [4.78, 5) is 39.4. The number of fused-ring (bicyclic) bond motifs is 1. The standard InChI is InChI=1S/C18H10N4O4S/c23-16-15(12-6-2-1-3-7-12)20-21-17(24)14(27-18(21)19-16)10-11-5-4-8-13(9-11)22(25)26/h1-10H/b14-10-. The van der Waals surface area contributed by atoms with E-state index in [1.54, 1.807) is 30.3 Å². The van der Waals surface area contributed by atoms with Crippen LogP contribution in [0, 0.1) is 10.1 Å². The first-order valence-corrected chi connectivity index (χ1v) is 8.60. The summed E-state index contributed by atoms with van der Waals surface area (Å²) in [6.07, 6.45) is 1.52. The Morgan fingerprint density at radius 1 is 1.07 bits per heavy atom. The lowest BCUT2D eigenvalue weighted by atomic mass is 10.2. The van der Waals surface area contributed by atoms with Gasteiger partial charge in [0.05, 0.1) is 9.46 Å². The Morgan fingerprint density at radius 3 is 2.59 bits per heavy atom. The number of benzene rings is 2. The smallest absolute Gasteiger partial charge is 0.266 e. The van der Waals surface area contributed by atoms with Gasteiger partial charge in [0.25, 0.3) is 11.2 Å². The van der Waals surface area contributed by atoms with Crippen molar-refractivity contribution < 1.29 is 4.92 Å². The van der Waals surface area contributed by atoms with Gasteiger partial charge >= 0.3 is 5.56 Å². The van der Waals surface area contributed by atoms with Crippen LogP contribution in [0.1, 0.15) is 5.56 Å². The zero-order valence-corrected chi connectivity index (χ0v) is 14.4. The van der Waals surface area contributed by atoms with Crippen LogP contribution < -0.4 is 15.7 Å². The normalized spacial score (nSPS) is 11.8. The summed E-state index contributed by atoms with van der Waals surface area (Å²) in [5.74, 6) is 0. The molecule has 0 fully saturated rings. The van der Waals surface area contributed by atoms with Gasteiger partial charge in [0, 0.05) is 17.7 Å². The fourth-order valence-electron chi connectivity index (χ4n) is 2.57. The molecule has 4 aromatic rings. The number of nitro groups is 1. The van der Waals surface area contributed by atoms with Crippen molar-refractivity contribution in [3.63, 3.8) is 0 Å². The molecule has 4 rings (SSSR count). The molecule has 9 heteroatoms. The highest BCUT2D eigenvalue weighted by Gasteiger charge is 2.12. The molecule has 0 radical (unpaired) electrons. The van der Waals surface area contributed by atoms with Gasteiger partial charge in [-0.25, -0.2) is 0 Å². The van der Waals surface area contributed by atoms with E-state index in [-0.39, 0.29) is 20.9 Å². The molecule has 0 amide bonds. The average molecular weight is 378 g/mol. The summed E-state index contributed by atoms with van der Waals surface area (Å²) in [5.41, 5.74) is 0.119. The predicted octanol–water partition coefficient (Wildman–Crippen LogP) is 1.63. The number of rotatable bonds is 3. The molecule has 0 aliphatic heterocycles. The molecule has 27 heavy (non-hydrogen) atoms. The summed E-state index contributed by atoms with van der Waals surface area (Å²) in [6.45, 7) is 0. The minimum atomic E-state index is -0.524. The summed E-state index contributed by atoms with van der Waals surface area (Å²) in [5, 5.41) is 15.1. The number of hydrogen-bond acceptors (Lipinski definition) is 7. The second kappa shape index (κ2) is 6.54. The summed E-state index contributed by atoms with van der Waals surface area (Å²) in [7, 11) is 0. The van der Waals surface area contributed by atoms with Crippen LogP contribution in [0.25, 0.3) is 22.3 Å². The van der Waals surface area contributed by atoms with Crippen molar-refractivity contribution in [2.24, 2.45) is 0 Å². The van der Waals surface area contributed by atoms with Crippen LogP contribution in [-0.4, -0.2) is 19.5 Å². The molecule has 0 N–H and O–H groups in total. The first-order chi connectivity index (χ1) is 13.0. The van der Waals surface area contributed by atoms with E-state index in [2.05, 4.69) is 10.1 Å². The topological polar surface area (TPSA) is 107 Å². The van der Waals surface area contributed by atoms with Crippen LogP contribution in [-0.2, 0) is 0 Å². The second-order valence-corrected chi connectivity index (χ2v) is 6.60. The van der Waals surface area contributed by atoms with Crippen LogP contribution in [0.2, 0.25) is 0 Å². The van der Waals surface area contributed by atoms with Gasteiger partial charge in [-0.2, -0.15) is 14.6 Å². The number of nitro benzene ring substituents is 1. The Hall–Kier alpha value is -3.72. The molecular weight excluding hydrogens is 368 g/mol. The number of nitrogens with zero attached hydrogens (tertiary/aromatic N) is 4. The van der Waals surface area contributed by atoms with Gasteiger partial charge in [-0.3, -0.25) is 19.7 Å². The van der Waals surface area contributed by atoms with E-state index >= 15 is 0 Å². The van der Waals surface area contributed by atoms with Crippen LogP contribution in [0.3, 0.4) is 0 Å². The molecule has 2 heterocycles. The van der Waals surface area contributed by atoms with Crippen molar-refractivity contribution in [2.75, 3.05) is 0 Å². The zero-order chi connectivity index (χ0) is 19.0. The fraction of sp³-hybridized carbons (Fsp3) is 0. The van der Waals surface area contributed by atoms with E-state index in [0.29, 0.717) is 11.1 Å². The van der Waals surface area contributed by atoms with E-state index in [1.165, 1.54) is 24.3 Å². The molecule has 0 aliphatic rings. The highest BCUT2D eigenvalue weighted by atomic mass is 32.1. The highest BCUT2D eigenvalue weighted by Crippen LogP contribution is 2.14. The molecule has 0 bridgehead atoms. The second-order valence-electron chi connectivity index (χ2n) is 5.59. The molecule has 0 saturated carbocycles. The minimum Gasteiger partial charge on any atom is -0.266 e. The molecule has 0 saturated heterocycles. The predicted molar refractivity (Wildman–Crippen MR) is 101 cm³/mol. The van der Waals surface area contributed by atoms with E-state index in [1.807, 2.05) is 6.07 Å². The lowest BCUT2D eigenvalue weighted by Crippen LogP contribution is -2.26. The van der Waals surface area contributed by atoms with Crippen molar-refractivity contribution in [1.29, 1.82) is 0 Å². The summed E-state index contributed by atoms with van der Waals surface area (Å²) >= 11 is 1.00. The van der Waals surface area contributed by atoms with Crippen LogP contribution in [0.15, 0.2) is 64.2 Å². The molecule has 2 aromatic carbocycles. The maximum atomic E-state index is 12.7. The van der Waals surface area contributed by atoms with Gasteiger partial charge in [-0.05, 0) is 11.6 Å². The van der Waals surface area contributed by atoms with E-state index in [4.69, 9.17) is 0 Å². The third kappa shape index (κ3) is 3.11. The van der Waals surface area contributed by atoms with Crippen molar-refractivity contribution in [3.8, 4) is 11.3 Å². The molecule has 2 aromatic heterocycles. The number of hydrogen-bond donors (Lipinski definition) is 0. The molecule has 0 atom stereocenters. The fourth-order valence-corrected chi connectivity index (χ4v) is 3.47. The number of aromatic nitrogens is 3. The van der Waals surface area contributed by atoms with Gasteiger partial charge in [-0.1, -0.05) is 53.8 Å². The van der Waals surface area contributed by atoms with Crippen molar-refractivity contribution in [3.05, 3.63) is 95.5 Å². The van der Waals surface area contributed by atoms with Gasteiger partial charge in [0.2, 0.25) is 4.96 Å². The van der Waals surface area contributed by atoms with Gasteiger partial charge in [0.1, 0.15) is 0 Å². The van der Waals surface area contributed by atoms with Crippen LogP contribution >= 0.6 is 11.3 Å². The Kier molecular flexibility index (Phi) is 4.05. The Morgan fingerprint density at radius 2 is 1.85 bits per heavy atom. The molecule has 8 nitrogen and oxygen atoms in total. The molecule has 0 aliphatic carbocycles. The van der Waals surface area contributed by atoms with Crippen molar-refractivity contribution in [2.45, 2.75) is 0 Å². The molecule has 0 spiro atoms. The van der Waals surface area contributed by atoms with Gasteiger partial charge in [0.15, 0.2) is 5.69 Å². The SMILES string of the molecule is O=c1nc2s/c(=C\c3cccc([N+](=O)[O-])c3)c(=O)n2nc1-c1ccccc1. The molecule has 132 valence electrons. The van der Waals surface area contributed by atoms with Crippen LogP contribution in [0.4, 0.5) is 5.69 Å². The highest BCUT2D eigenvalue weighted by molar-refractivity contribution is 7.15. The third-order valence-corrected chi connectivity index (χ3v) is 4.77. The lowest BCUT2D eigenvalue weighted by molar-refractivity contribution is -0.384. The quantitative estimate of drug-likeness (QED) is 0.396. The Labute approximate surface area is 154 Å². The Bertz CT molecular complexity index is 1350. The maximum Gasteiger partial charge on any atom is 0.300 e. The average Bonchev–Trinajstić information content (AvgIpc) is 2.96. The first kappa shape index (κ1) is 16.7. The van der Waals surface area contributed by atoms with Crippen molar-refractivity contribution >= 4 is 28.1 Å². The van der Waals surface area contributed by atoms with E-state index in [9.17, 15) is 19.7 Å². The zero-order valence-electron chi connectivity index (χ0n) is 13.6. The molecule has 0 unspecified atom stereocenters.